The molecule has 5 aromatic rings. The Hall–Kier alpha value is -4.04. The Morgan fingerprint density at radius 2 is 1.46 bits per heavy atom. The first-order valence-electron chi connectivity index (χ1n) is 14.3. The van der Waals surface area contributed by atoms with Gasteiger partial charge in [-0.15, -0.1) is 0 Å². The van der Waals surface area contributed by atoms with Crippen LogP contribution in [0.5, 0.6) is 5.75 Å². The number of hydrogen-bond donors (Lipinski definition) is 2. The minimum atomic E-state index is 0.607. The monoisotopic (exact) mass is 610 g/mol. The summed E-state index contributed by atoms with van der Waals surface area (Å²) in [7, 11) is 0. The van der Waals surface area contributed by atoms with Crippen molar-refractivity contribution in [3.8, 4) is 5.75 Å². The van der Waals surface area contributed by atoms with Crippen molar-refractivity contribution in [2.75, 3.05) is 22.9 Å². The van der Waals surface area contributed by atoms with Crippen molar-refractivity contribution in [1.29, 1.82) is 0 Å². The highest BCUT2D eigenvalue weighted by Crippen LogP contribution is 2.35. The van der Waals surface area contributed by atoms with Crippen LogP contribution in [0, 0.1) is 0 Å². The maximum Gasteiger partial charge on any atom is 0.125 e. The number of fused-ring (bicyclic) bond motifs is 2. The smallest absolute Gasteiger partial charge is 0.125 e. The fraction of sp³-hybridized carbons (Fsp3) is 0.273. The van der Waals surface area contributed by atoms with Gasteiger partial charge in [0.05, 0.1) is 13.1 Å². The van der Waals surface area contributed by atoms with E-state index in [1.165, 1.54) is 40.9 Å². The van der Waals surface area contributed by atoms with Crippen LogP contribution in [0.15, 0.2) is 96.0 Å². The molecule has 2 aromatic heterocycles. The SMILES string of the molecule is Brc1ccc2c(c1)CCCN2Cc1ncc[nH]1.c1ccc(COc2cccc3c2CCCN3Cc2ncc[nH]2)cc1. The Morgan fingerprint density at radius 1 is 0.756 bits per heavy atom. The summed E-state index contributed by atoms with van der Waals surface area (Å²) in [5, 5.41) is 0. The Bertz CT molecular complexity index is 1520. The van der Waals surface area contributed by atoms with Crippen LogP contribution in [0.1, 0.15) is 41.2 Å². The van der Waals surface area contributed by atoms with Gasteiger partial charge in [0, 0.05) is 59.3 Å². The Balaban J connectivity index is 0.000000156. The molecule has 0 radical (unpaired) electrons. The third-order valence-corrected chi connectivity index (χ3v) is 8.08. The van der Waals surface area contributed by atoms with Gasteiger partial charge in [-0.05, 0) is 67.1 Å². The zero-order valence-corrected chi connectivity index (χ0v) is 24.7. The summed E-state index contributed by atoms with van der Waals surface area (Å²) in [6, 6.07) is 23.2. The first-order valence-corrected chi connectivity index (χ1v) is 15.1. The van der Waals surface area contributed by atoms with Gasteiger partial charge in [-0.3, -0.25) is 0 Å². The number of benzene rings is 3. The molecule has 0 aliphatic carbocycles. The number of H-pyrrole nitrogens is 2. The lowest BCUT2D eigenvalue weighted by molar-refractivity contribution is 0.302. The van der Waals surface area contributed by atoms with Crippen molar-refractivity contribution in [1.82, 2.24) is 19.9 Å². The quantitative estimate of drug-likeness (QED) is 0.206. The lowest BCUT2D eigenvalue weighted by Gasteiger charge is -2.31. The lowest BCUT2D eigenvalue weighted by Crippen LogP contribution is -2.29. The van der Waals surface area contributed by atoms with Crippen LogP contribution in [0.25, 0.3) is 0 Å². The second kappa shape index (κ2) is 13.1. The van der Waals surface area contributed by atoms with E-state index in [0.717, 1.165) is 60.9 Å². The van der Waals surface area contributed by atoms with Crippen molar-refractivity contribution in [3.63, 3.8) is 0 Å². The minimum absolute atomic E-state index is 0.607. The highest BCUT2D eigenvalue weighted by molar-refractivity contribution is 9.10. The molecule has 0 saturated heterocycles. The number of hydrogen-bond acceptors (Lipinski definition) is 5. The van der Waals surface area contributed by atoms with Gasteiger partial charge in [-0.25, -0.2) is 9.97 Å². The highest BCUT2D eigenvalue weighted by Gasteiger charge is 2.21. The zero-order valence-electron chi connectivity index (χ0n) is 23.1. The molecular weight excluding hydrogens is 576 g/mol. The van der Waals surface area contributed by atoms with Crippen LogP contribution in [-0.4, -0.2) is 33.0 Å². The van der Waals surface area contributed by atoms with Crippen LogP contribution >= 0.6 is 15.9 Å². The van der Waals surface area contributed by atoms with Crippen molar-refractivity contribution in [2.45, 2.75) is 45.4 Å². The number of anilines is 2. The topological polar surface area (TPSA) is 73.1 Å². The molecule has 4 heterocycles. The van der Waals surface area contributed by atoms with Gasteiger partial charge < -0.3 is 24.5 Å². The third-order valence-electron chi connectivity index (χ3n) is 7.59. The van der Waals surface area contributed by atoms with Crippen LogP contribution in [0.3, 0.4) is 0 Å². The molecule has 0 amide bonds. The van der Waals surface area contributed by atoms with Crippen LogP contribution in [0.4, 0.5) is 11.4 Å². The number of nitrogens with zero attached hydrogens (tertiary/aromatic N) is 4. The molecule has 3 aromatic carbocycles. The second-order valence-corrected chi connectivity index (χ2v) is 11.3. The largest absolute Gasteiger partial charge is 0.489 e. The fourth-order valence-electron chi connectivity index (χ4n) is 5.64. The molecule has 7 nitrogen and oxygen atoms in total. The molecule has 41 heavy (non-hydrogen) atoms. The van der Waals surface area contributed by atoms with Gasteiger partial charge in [0.25, 0.3) is 0 Å². The summed E-state index contributed by atoms with van der Waals surface area (Å²) in [6.45, 7) is 4.43. The summed E-state index contributed by atoms with van der Waals surface area (Å²) in [5.41, 5.74) is 6.54. The van der Waals surface area contributed by atoms with E-state index in [-0.39, 0.29) is 0 Å². The first-order chi connectivity index (χ1) is 20.2. The van der Waals surface area contributed by atoms with E-state index in [4.69, 9.17) is 4.74 Å². The van der Waals surface area contributed by atoms with Crippen LogP contribution < -0.4 is 14.5 Å². The van der Waals surface area contributed by atoms with Crippen LogP contribution in [0.2, 0.25) is 0 Å². The van der Waals surface area contributed by atoms with E-state index < -0.39 is 0 Å². The summed E-state index contributed by atoms with van der Waals surface area (Å²) in [4.78, 5) is 19.8. The molecule has 7 rings (SSSR count). The highest BCUT2D eigenvalue weighted by atomic mass is 79.9. The fourth-order valence-corrected chi connectivity index (χ4v) is 6.05. The summed E-state index contributed by atoms with van der Waals surface area (Å²) in [5.74, 6) is 3.03. The van der Waals surface area contributed by atoms with E-state index in [1.54, 1.807) is 6.20 Å². The number of rotatable bonds is 7. The number of aryl methyl sites for hydroxylation is 1. The van der Waals surface area contributed by atoms with Gasteiger partial charge in [-0.1, -0.05) is 52.3 Å². The maximum atomic E-state index is 6.12. The predicted molar refractivity (Wildman–Crippen MR) is 167 cm³/mol. The average molecular weight is 612 g/mol. The van der Waals surface area contributed by atoms with E-state index in [1.807, 2.05) is 36.8 Å². The zero-order chi connectivity index (χ0) is 27.9. The molecule has 0 bridgehead atoms. The maximum absolute atomic E-state index is 6.12. The van der Waals surface area contributed by atoms with Crippen molar-refractivity contribution in [3.05, 3.63) is 124 Å². The molecule has 210 valence electrons. The number of aromatic amines is 2. The Kier molecular flexibility index (Phi) is 8.66. The molecule has 0 unspecified atom stereocenters. The van der Waals surface area contributed by atoms with Crippen molar-refractivity contribution < 1.29 is 4.74 Å². The predicted octanol–water partition coefficient (Wildman–Crippen LogP) is 7.07. The minimum Gasteiger partial charge on any atom is -0.489 e. The number of halogens is 1. The van der Waals surface area contributed by atoms with Gasteiger partial charge >= 0.3 is 0 Å². The third kappa shape index (κ3) is 6.82. The molecule has 8 heteroatoms. The normalized spacial score (nSPS) is 14.1. The number of nitrogens with one attached hydrogen (secondary N) is 2. The average Bonchev–Trinajstić information content (AvgIpc) is 3.72. The van der Waals surface area contributed by atoms with Crippen molar-refractivity contribution in [2.24, 2.45) is 0 Å². The van der Waals surface area contributed by atoms with E-state index >= 15 is 0 Å². The second-order valence-electron chi connectivity index (χ2n) is 10.4. The van der Waals surface area contributed by atoms with E-state index in [0.29, 0.717) is 6.61 Å². The molecular formula is C33H35BrN6O. The van der Waals surface area contributed by atoms with Gasteiger partial charge in [0.2, 0.25) is 0 Å². The molecule has 0 spiro atoms. The standard InChI is InChI=1S/C20H21N3O.C13H14BrN3/c1-2-6-16(7-3-1)15-24-19-10-4-9-18-17(19)8-5-13-23(18)14-20-21-11-12-22-20;14-11-3-4-12-10(8-11)2-1-7-17(12)9-13-15-5-6-16-13/h1-4,6-7,9-12H,5,8,13-15H2,(H,21,22);3-6,8H,1-2,7,9H2,(H,15,16). The molecule has 0 atom stereocenters. The van der Waals surface area contributed by atoms with E-state index in [9.17, 15) is 0 Å². The van der Waals surface area contributed by atoms with Gasteiger partial charge in [0.15, 0.2) is 0 Å². The van der Waals surface area contributed by atoms with Crippen molar-refractivity contribution >= 4 is 27.3 Å². The van der Waals surface area contributed by atoms with E-state index in [2.05, 4.69) is 94.2 Å². The molecule has 2 aliphatic rings. The lowest BCUT2D eigenvalue weighted by atomic mass is 10.0. The van der Waals surface area contributed by atoms with Gasteiger partial charge in [-0.2, -0.15) is 0 Å². The van der Waals surface area contributed by atoms with Crippen LogP contribution in [-0.2, 0) is 32.5 Å². The van der Waals surface area contributed by atoms with Gasteiger partial charge in [0.1, 0.15) is 24.0 Å². The summed E-state index contributed by atoms with van der Waals surface area (Å²) in [6.07, 6.45) is 11.9. The molecule has 2 aliphatic heterocycles. The molecule has 0 saturated carbocycles. The Labute approximate surface area is 249 Å². The number of imidazole rings is 2. The number of ether oxygens (including phenoxy) is 1. The summed E-state index contributed by atoms with van der Waals surface area (Å²) >= 11 is 3.53. The number of aromatic nitrogens is 4. The Morgan fingerprint density at radius 3 is 2.17 bits per heavy atom. The molecule has 2 N–H and O–H groups in total. The molecule has 0 fully saturated rings. The summed E-state index contributed by atoms with van der Waals surface area (Å²) < 4.78 is 7.29. The first kappa shape index (κ1) is 27.1.